The normalized spacial score (nSPS) is 12.4. The van der Waals surface area contributed by atoms with Crippen LogP contribution in [0.15, 0.2) is 53.5 Å². The third kappa shape index (κ3) is 3.34. The van der Waals surface area contributed by atoms with E-state index in [0.717, 1.165) is 5.56 Å². The number of fused-ring (bicyclic) bond motifs is 3. The summed E-state index contributed by atoms with van der Waals surface area (Å²) in [5.41, 5.74) is 2.59. The molecule has 0 spiro atoms. The third-order valence-corrected chi connectivity index (χ3v) is 5.02. The molecule has 0 radical (unpaired) electrons. The number of nitro groups is 1. The van der Waals surface area contributed by atoms with Gasteiger partial charge in [0.25, 0.3) is 11.6 Å². The van der Waals surface area contributed by atoms with Crippen LogP contribution in [0, 0.1) is 10.1 Å². The molecule has 0 fully saturated rings. The molecule has 0 saturated carbocycles. The Balaban J connectivity index is 1.88. The first-order valence-corrected chi connectivity index (χ1v) is 9.67. The lowest BCUT2D eigenvalue weighted by Crippen LogP contribution is -2.31. The van der Waals surface area contributed by atoms with Gasteiger partial charge < -0.3 is 4.90 Å². The summed E-state index contributed by atoms with van der Waals surface area (Å²) in [6.45, 7) is 5.10. The van der Waals surface area contributed by atoms with E-state index in [1.807, 2.05) is 44.2 Å². The Morgan fingerprint density at radius 2 is 1.90 bits per heavy atom. The lowest BCUT2D eigenvalue weighted by Gasteiger charge is -2.16. The highest BCUT2D eigenvalue weighted by atomic mass is 16.6. The minimum atomic E-state index is -0.439. The molecular formula is C21H20N6O3. The van der Waals surface area contributed by atoms with Crippen molar-refractivity contribution in [1.29, 1.82) is 0 Å². The quantitative estimate of drug-likeness (QED) is 0.480. The van der Waals surface area contributed by atoms with Crippen LogP contribution in [-0.4, -0.2) is 49.3 Å². The largest absolute Gasteiger partial charge is 0.336 e. The lowest BCUT2D eigenvalue weighted by molar-refractivity contribution is -0.384. The number of non-ortho nitro benzene ring substituents is 1. The predicted molar refractivity (Wildman–Crippen MR) is 111 cm³/mol. The van der Waals surface area contributed by atoms with Crippen LogP contribution < -0.4 is 0 Å². The molecule has 4 rings (SSSR count). The first kappa shape index (κ1) is 19.4. The van der Waals surface area contributed by atoms with E-state index >= 15 is 0 Å². The third-order valence-electron chi connectivity index (χ3n) is 5.02. The summed E-state index contributed by atoms with van der Waals surface area (Å²) in [5.74, 6) is 0.346. The number of aliphatic imine (C=N–C) groups is 1. The van der Waals surface area contributed by atoms with E-state index in [-0.39, 0.29) is 24.0 Å². The monoisotopic (exact) mass is 404 g/mol. The van der Waals surface area contributed by atoms with Crippen LogP contribution >= 0.6 is 0 Å². The first-order chi connectivity index (χ1) is 14.5. The molecule has 9 nitrogen and oxygen atoms in total. The van der Waals surface area contributed by atoms with Crippen molar-refractivity contribution in [3.05, 3.63) is 81.4 Å². The van der Waals surface area contributed by atoms with Crippen LogP contribution in [-0.2, 0) is 6.54 Å². The molecule has 2 aromatic carbocycles. The van der Waals surface area contributed by atoms with Crippen molar-refractivity contribution in [2.24, 2.45) is 4.99 Å². The minimum absolute atomic E-state index is 0.0413. The van der Waals surface area contributed by atoms with Crippen molar-refractivity contribution in [3.8, 4) is 5.69 Å². The zero-order valence-corrected chi connectivity index (χ0v) is 16.6. The highest BCUT2D eigenvalue weighted by Gasteiger charge is 2.26. The van der Waals surface area contributed by atoms with Crippen LogP contribution in [0.1, 0.15) is 41.4 Å². The second-order valence-corrected chi connectivity index (χ2v) is 6.73. The standard InChI is InChI=1S/C21H20N6O3/c1-3-25(4-2)21(28)20-23-18-13-22-19(14-8-6-5-7-9-14)16-12-15(27(29)30)10-11-17(16)26(18)24-20/h5-12H,3-4,13H2,1-2H3. The molecule has 1 aliphatic heterocycles. The van der Waals surface area contributed by atoms with Crippen molar-refractivity contribution in [2.45, 2.75) is 20.4 Å². The van der Waals surface area contributed by atoms with Crippen molar-refractivity contribution in [2.75, 3.05) is 13.1 Å². The molecule has 152 valence electrons. The molecule has 1 amide bonds. The first-order valence-electron chi connectivity index (χ1n) is 9.67. The summed E-state index contributed by atoms with van der Waals surface area (Å²) in [7, 11) is 0. The Morgan fingerprint density at radius 3 is 2.57 bits per heavy atom. The Labute approximate surface area is 172 Å². The molecule has 30 heavy (non-hydrogen) atoms. The van der Waals surface area contributed by atoms with Gasteiger partial charge in [-0.1, -0.05) is 30.3 Å². The zero-order valence-electron chi connectivity index (χ0n) is 16.6. The number of amides is 1. The second kappa shape index (κ2) is 7.86. The molecule has 9 heteroatoms. The zero-order chi connectivity index (χ0) is 21.3. The topological polar surface area (TPSA) is 107 Å². The van der Waals surface area contributed by atoms with Crippen LogP contribution in [0.2, 0.25) is 0 Å². The maximum absolute atomic E-state index is 12.7. The lowest BCUT2D eigenvalue weighted by atomic mass is 10.00. The minimum Gasteiger partial charge on any atom is -0.336 e. The summed E-state index contributed by atoms with van der Waals surface area (Å²) < 4.78 is 1.56. The number of benzene rings is 2. The summed E-state index contributed by atoms with van der Waals surface area (Å²) in [5, 5.41) is 15.8. The fraction of sp³-hybridized carbons (Fsp3) is 0.238. The Hall–Kier alpha value is -3.88. The van der Waals surface area contributed by atoms with Crippen molar-refractivity contribution < 1.29 is 9.72 Å². The van der Waals surface area contributed by atoms with Gasteiger partial charge in [0.1, 0.15) is 0 Å². The maximum Gasteiger partial charge on any atom is 0.293 e. The van der Waals surface area contributed by atoms with Gasteiger partial charge in [-0.3, -0.25) is 19.9 Å². The molecule has 2 heterocycles. The number of nitrogens with zero attached hydrogens (tertiary/aromatic N) is 6. The number of nitro benzene ring substituents is 1. The van der Waals surface area contributed by atoms with E-state index in [9.17, 15) is 14.9 Å². The summed E-state index contributed by atoms with van der Waals surface area (Å²) in [6, 6.07) is 14.0. The van der Waals surface area contributed by atoms with E-state index in [0.29, 0.717) is 35.9 Å². The number of carbonyl (C=O) groups is 1. The van der Waals surface area contributed by atoms with Gasteiger partial charge in [-0.25, -0.2) is 9.67 Å². The van der Waals surface area contributed by atoms with Gasteiger partial charge in [0, 0.05) is 36.3 Å². The molecule has 0 saturated heterocycles. The number of rotatable bonds is 5. The van der Waals surface area contributed by atoms with Gasteiger partial charge in [0.2, 0.25) is 5.82 Å². The fourth-order valence-electron chi connectivity index (χ4n) is 3.47. The fourth-order valence-corrected chi connectivity index (χ4v) is 3.47. The van der Waals surface area contributed by atoms with Crippen LogP contribution in [0.4, 0.5) is 5.69 Å². The highest BCUT2D eigenvalue weighted by molar-refractivity contribution is 6.15. The van der Waals surface area contributed by atoms with Crippen molar-refractivity contribution in [1.82, 2.24) is 19.7 Å². The van der Waals surface area contributed by atoms with Crippen LogP contribution in [0.3, 0.4) is 0 Å². The molecular weight excluding hydrogens is 384 g/mol. The smallest absolute Gasteiger partial charge is 0.293 e. The van der Waals surface area contributed by atoms with Crippen LogP contribution in [0.25, 0.3) is 5.69 Å². The number of hydrogen-bond acceptors (Lipinski definition) is 6. The highest BCUT2D eigenvalue weighted by Crippen LogP contribution is 2.28. The van der Waals surface area contributed by atoms with Crippen LogP contribution in [0.5, 0.6) is 0 Å². The SMILES string of the molecule is CCN(CC)C(=O)c1nc2n(n1)-c1ccc([N+](=O)[O-])cc1C(c1ccccc1)=NC2. The van der Waals surface area contributed by atoms with E-state index in [4.69, 9.17) is 0 Å². The van der Waals surface area contributed by atoms with E-state index in [1.54, 1.807) is 15.6 Å². The van der Waals surface area contributed by atoms with Gasteiger partial charge in [0.15, 0.2) is 5.82 Å². The molecule has 0 N–H and O–H groups in total. The van der Waals surface area contributed by atoms with Gasteiger partial charge >= 0.3 is 0 Å². The van der Waals surface area contributed by atoms with Gasteiger partial charge in [-0.15, -0.1) is 5.10 Å². The number of aromatic nitrogens is 3. The molecule has 0 aliphatic carbocycles. The Kier molecular flexibility index (Phi) is 5.09. The molecule has 1 aliphatic rings. The molecule has 1 aromatic heterocycles. The van der Waals surface area contributed by atoms with Crippen molar-refractivity contribution >= 4 is 17.3 Å². The van der Waals surface area contributed by atoms with Gasteiger partial charge in [0.05, 0.1) is 22.9 Å². The molecule has 0 atom stereocenters. The molecule has 0 bridgehead atoms. The maximum atomic E-state index is 12.7. The van der Waals surface area contributed by atoms with Crippen molar-refractivity contribution in [3.63, 3.8) is 0 Å². The number of hydrogen-bond donors (Lipinski definition) is 0. The number of carbonyl (C=O) groups excluding carboxylic acids is 1. The van der Waals surface area contributed by atoms with Gasteiger partial charge in [-0.2, -0.15) is 0 Å². The van der Waals surface area contributed by atoms with Gasteiger partial charge in [-0.05, 0) is 19.9 Å². The summed E-state index contributed by atoms with van der Waals surface area (Å²) >= 11 is 0. The molecule has 3 aromatic rings. The second-order valence-electron chi connectivity index (χ2n) is 6.73. The van der Waals surface area contributed by atoms with E-state index in [1.165, 1.54) is 12.1 Å². The average Bonchev–Trinajstić information content (AvgIpc) is 3.13. The molecule has 0 unspecified atom stereocenters. The average molecular weight is 404 g/mol. The summed E-state index contributed by atoms with van der Waals surface area (Å²) in [6.07, 6.45) is 0. The summed E-state index contributed by atoms with van der Waals surface area (Å²) in [4.78, 5) is 34.4. The Bertz CT molecular complexity index is 1150. The van der Waals surface area contributed by atoms with E-state index in [2.05, 4.69) is 15.1 Å². The Morgan fingerprint density at radius 1 is 1.17 bits per heavy atom. The predicted octanol–water partition coefficient (Wildman–Crippen LogP) is 3.01. The van der Waals surface area contributed by atoms with E-state index < -0.39 is 4.92 Å².